The number of benzene rings is 2. The number of Topliss-reactive ketones (excluding diaryl/α,β-unsaturated/α-hetero) is 1. The molecule has 0 aromatic heterocycles. The lowest BCUT2D eigenvalue weighted by Crippen LogP contribution is -2.06. The third-order valence-electron chi connectivity index (χ3n) is 2.59. The Kier molecular flexibility index (Phi) is 5.64. The van der Waals surface area contributed by atoms with Crippen molar-refractivity contribution in [2.24, 2.45) is 0 Å². The summed E-state index contributed by atoms with van der Waals surface area (Å²) in [6.07, 6.45) is 0.150. The summed E-state index contributed by atoms with van der Waals surface area (Å²) in [5, 5.41) is 0.423. The van der Waals surface area contributed by atoms with E-state index in [1.807, 2.05) is 24.3 Å². The van der Waals surface area contributed by atoms with Gasteiger partial charge in [-0.1, -0.05) is 33.6 Å². The molecule has 0 radical (unpaired) electrons. The van der Waals surface area contributed by atoms with E-state index in [1.54, 1.807) is 0 Å². The van der Waals surface area contributed by atoms with Gasteiger partial charge < -0.3 is 0 Å². The van der Waals surface area contributed by atoms with E-state index in [0.29, 0.717) is 16.3 Å². The molecule has 0 aliphatic heterocycles. The Morgan fingerprint density at radius 1 is 1.25 bits per heavy atom. The fourth-order valence-electron chi connectivity index (χ4n) is 1.66. The van der Waals surface area contributed by atoms with Gasteiger partial charge in [0.15, 0.2) is 0 Å². The summed E-state index contributed by atoms with van der Waals surface area (Å²) in [5.74, 6) is -0.0251. The average molecular weight is 374 g/mol. The molecule has 0 amide bonds. The molecule has 5 heteroatoms. The second-order valence-electron chi connectivity index (χ2n) is 4.20. The molecule has 0 fully saturated rings. The third-order valence-corrected chi connectivity index (χ3v) is 4.51. The monoisotopic (exact) mass is 372 g/mol. The van der Waals surface area contributed by atoms with Crippen LogP contribution in [0.3, 0.4) is 0 Å². The number of carbonyl (C=O) groups excluding carboxylic acids is 1. The summed E-state index contributed by atoms with van der Waals surface area (Å²) >= 11 is 10.8. The van der Waals surface area contributed by atoms with Gasteiger partial charge in [-0.2, -0.15) is 0 Å². The highest BCUT2D eigenvalue weighted by atomic mass is 79.9. The Morgan fingerprint density at radius 3 is 2.80 bits per heavy atom. The molecule has 1 nitrogen and oxygen atoms in total. The van der Waals surface area contributed by atoms with E-state index in [0.717, 1.165) is 9.37 Å². The zero-order chi connectivity index (χ0) is 14.5. The van der Waals surface area contributed by atoms with Crippen molar-refractivity contribution in [2.75, 3.05) is 5.75 Å². The predicted octanol–water partition coefficient (Wildman–Crippen LogP) is 5.15. The van der Waals surface area contributed by atoms with Gasteiger partial charge in [0.2, 0.25) is 0 Å². The number of halogens is 3. The molecule has 0 spiro atoms. The molecular weight excluding hydrogens is 363 g/mol. The van der Waals surface area contributed by atoms with Gasteiger partial charge in [-0.05, 0) is 42.0 Å². The van der Waals surface area contributed by atoms with Crippen LogP contribution in [0.25, 0.3) is 0 Å². The highest BCUT2D eigenvalue weighted by Gasteiger charge is 2.09. The summed E-state index contributed by atoms with van der Waals surface area (Å²) in [4.78, 5) is 12.9. The molecule has 0 aliphatic rings. The lowest BCUT2D eigenvalue weighted by atomic mass is 10.1. The lowest BCUT2D eigenvalue weighted by molar-refractivity contribution is -0.116. The van der Waals surface area contributed by atoms with Crippen molar-refractivity contribution in [1.82, 2.24) is 0 Å². The first kappa shape index (κ1) is 15.5. The first-order valence-electron chi connectivity index (χ1n) is 5.88. The second-order valence-corrected chi connectivity index (χ2v) is 6.57. The number of ketones is 1. The van der Waals surface area contributed by atoms with Crippen molar-refractivity contribution in [3.8, 4) is 0 Å². The predicted molar refractivity (Wildman–Crippen MR) is 85.0 cm³/mol. The Labute approximate surface area is 134 Å². The number of rotatable bonds is 5. The Morgan fingerprint density at radius 2 is 2.05 bits per heavy atom. The van der Waals surface area contributed by atoms with Crippen LogP contribution in [-0.2, 0) is 11.2 Å². The minimum atomic E-state index is -0.378. The van der Waals surface area contributed by atoms with Crippen LogP contribution in [0.4, 0.5) is 4.39 Å². The molecule has 0 heterocycles. The van der Waals surface area contributed by atoms with E-state index in [9.17, 15) is 9.18 Å². The normalized spacial score (nSPS) is 10.6. The van der Waals surface area contributed by atoms with E-state index in [2.05, 4.69) is 15.9 Å². The van der Waals surface area contributed by atoms with Crippen LogP contribution in [0, 0.1) is 5.82 Å². The topological polar surface area (TPSA) is 17.1 Å². The zero-order valence-corrected chi connectivity index (χ0v) is 13.6. The largest absolute Gasteiger partial charge is 0.298 e. The molecular formula is C15H11BrClFOS. The Hall–Kier alpha value is -0.840. The van der Waals surface area contributed by atoms with E-state index in [-0.39, 0.29) is 18.0 Å². The Bertz CT molecular complexity index is 633. The van der Waals surface area contributed by atoms with E-state index in [1.165, 1.54) is 30.0 Å². The Balaban J connectivity index is 1.94. The van der Waals surface area contributed by atoms with Gasteiger partial charge in [0, 0.05) is 20.8 Å². The summed E-state index contributed by atoms with van der Waals surface area (Å²) in [7, 11) is 0. The SMILES string of the molecule is O=C(CSc1cccc(Br)c1)Cc1cc(F)ccc1Cl. The number of hydrogen-bond acceptors (Lipinski definition) is 2. The number of hydrogen-bond donors (Lipinski definition) is 0. The van der Waals surface area contributed by atoms with Crippen molar-refractivity contribution in [3.05, 3.63) is 63.3 Å². The zero-order valence-electron chi connectivity index (χ0n) is 10.4. The number of carbonyl (C=O) groups is 1. The van der Waals surface area contributed by atoms with Crippen molar-refractivity contribution in [3.63, 3.8) is 0 Å². The maximum atomic E-state index is 13.1. The summed E-state index contributed by atoms with van der Waals surface area (Å²) in [5.41, 5.74) is 0.534. The smallest absolute Gasteiger partial charge is 0.147 e. The maximum absolute atomic E-state index is 13.1. The number of thioether (sulfide) groups is 1. The van der Waals surface area contributed by atoms with Crippen LogP contribution >= 0.6 is 39.3 Å². The van der Waals surface area contributed by atoms with Crippen LogP contribution in [0.5, 0.6) is 0 Å². The van der Waals surface area contributed by atoms with Crippen molar-refractivity contribution in [2.45, 2.75) is 11.3 Å². The summed E-state index contributed by atoms with van der Waals surface area (Å²) < 4.78 is 14.1. The van der Waals surface area contributed by atoms with Crippen LogP contribution in [-0.4, -0.2) is 11.5 Å². The van der Waals surface area contributed by atoms with Gasteiger partial charge in [-0.15, -0.1) is 11.8 Å². The van der Waals surface area contributed by atoms with Crippen molar-refractivity contribution >= 4 is 45.1 Å². The minimum absolute atomic E-state index is 0.0162. The highest BCUT2D eigenvalue weighted by Crippen LogP contribution is 2.23. The van der Waals surface area contributed by atoms with Gasteiger partial charge in [0.05, 0.1) is 5.75 Å². The van der Waals surface area contributed by atoms with Gasteiger partial charge in [0.1, 0.15) is 11.6 Å². The van der Waals surface area contributed by atoms with Crippen LogP contribution < -0.4 is 0 Å². The molecule has 0 aliphatic carbocycles. The maximum Gasteiger partial charge on any atom is 0.147 e. The fourth-order valence-corrected chi connectivity index (χ4v) is 3.21. The fraction of sp³-hybridized carbons (Fsp3) is 0.133. The first-order chi connectivity index (χ1) is 9.54. The minimum Gasteiger partial charge on any atom is -0.298 e. The molecule has 0 unspecified atom stereocenters. The quantitative estimate of drug-likeness (QED) is 0.675. The van der Waals surface area contributed by atoms with Crippen molar-refractivity contribution in [1.29, 1.82) is 0 Å². The molecule has 0 bridgehead atoms. The van der Waals surface area contributed by atoms with E-state index >= 15 is 0 Å². The van der Waals surface area contributed by atoms with E-state index in [4.69, 9.17) is 11.6 Å². The molecule has 0 N–H and O–H groups in total. The second kappa shape index (κ2) is 7.25. The van der Waals surface area contributed by atoms with Gasteiger partial charge >= 0.3 is 0 Å². The average Bonchev–Trinajstić information content (AvgIpc) is 2.41. The van der Waals surface area contributed by atoms with Crippen LogP contribution in [0.15, 0.2) is 51.8 Å². The van der Waals surface area contributed by atoms with Crippen LogP contribution in [0.2, 0.25) is 5.02 Å². The molecule has 2 aromatic rings. The third kappa shape index (κ3) is 4.62. The lowest BCUT2D eigenvalue weighted by Gasteiger charge is -2.05. The highest BCUT2D eigenvalue weighted by molar-refractivity contribution is 9.10. The molecule has 0 saturated carbocycles. The van der Waals surface area contributed by atoms with Crippen molar-refractivity contribution < 1.29 is 9.18 Å². The molecule has 2 aromatic carbocycles. The van der Waals surface area contributed by atoms with E-state index < -0.39 is 0 Å². The first-order valence-corrected chi connectivity index (χ1v) is 8.04. The van der Waals surface area contributed by atoms with Crippen LogP contribution in [0.1, 0.15) is 5.56 Å². The molecule has 2 rings (SSSR count). The summed E-state index contributed by atoms with van der Waals surface area (Å²) in [6.45, 7) is 0. The standard InChI is InChI=1S/C15H11BrClFOS/c16-11-2-1-3-14(8-11)20-9-13(19)7-10-6-12(18)4-5-15(10)17/h1-6,8H,7,9H2. The molecule has 0 atom stereocenters. The molecule has 104 valence electrons. The van der Waals surface area contributed by atoms with Gasteiger partial charge in [0.25, 0.3) is 0 Å². The van der Waals surface area contributed by atoms with Gasteiger partial charge in [-0.3, -0.25) is 4.79 Å². The molecule has 20 heavy (non-hydrogen) atoms. The van der Waals surface area contributed by atoms with Gasteiger partial charge in [-0.25, -0.2) is 4.39 Å². The molecule has 0 saturated heterocycles. The summed E-state index contributed by atoms with van der Waals surface area (Å²) in [6, 6.07) is 11.8.